The maximum atomic E-state index is 12.5. The van der Waals surface area contributed by atoms with Crippen LogP contribution in [0.25, 0.3) is 0 Å². The second-order valence-electron chi connectivity index (χ2n) is 7.28. The minimum absolute atomic E-state index is 0.105. The van der Waals surface area contributed by atoms with Crippen LogP contribution < -0.4 is 15.5 Å². The number of benzene rings is 2. The molecular weight excluding hydrogens is 338 g/mol. The number of nitrogens with one attached hydrogen (secondary N) is 2. The Balaban J connectivity index is 1.65. The highest BCUT2D eigenvalue weighted by Gasteiger charge is 2.17. The fraction of sp³-hybridized carbons (Fsp3) is 0.364. The third-order valence-corrected chi connectivity index (χ3v) is 4.97. The molecule has 0 aromatic heterocycles. The molecule has 2 N–H and O–H groups in total. The smallest absolute Gasteiger partial charge is 0.255 e. The van der Waals surface area contributed by atoms with Gasteiger partial charge in [-0.25, -0.2) is 0 Å². The molecule has 1 aliphatic rings. The van der Waals surface area contributed by atoms with Gasteiger partial charge in [0.15, 0.2) is 0 Å². The van der Waals surface area contributed by atoms with Gasteiger partial charge in [-0.3, -0.25) is 9.59 Å². The second kappa shape index (κ2) is 8.71. The van der Waals surface area contributed by atoms with Crippen molar-refractivity contribution in [3.8, 4) is 0 Å². The number of hydrogen-bond acceptors (Lipinski definition) is 3. The second-order valence-corrected chi connectivity index (χ2v) is 7.28. The quantitative estimate of drug-likeness (QED) is 0.840. The third kappa shape index (κ3) is 5.09. The summed E-state index contributed by atoms with van der Waals surface area (Å²) in [5.41, 5.74) is 2.79. The van der Waals surface area contributed by atoms with Gasteiger partial charge in [-0.1, -0.05) is 25.3 Å². The minimum Gasteiger partial charge on any atom is -0.378 e. The van der Waals surface area contributed by atoms with E-state index in [0.29, 0.717) is 11.1 Å². The van der Waals surface area contributed by atoms with E-state index < -0.39 is 0 Å². The van der Waals surface area contributed by atoms with Crippen molar-refractivity contribution in [1.29, 1.82) is 0 Å². The van der Waals surface area contributed by atoms with Crippen molar-refractivity contribution < 1.29 is 9.59 Å². The Labute approximate surface area is 160 Å². The molecule has 0 spiro atoms. The van der Waals surface area contributed by atoms with Gasteiger partial charge in [-0.15, -0.1) is 0 Å². The fourth-order valence-electron chi connectivity index (χ4n) is 3.36. The number of carbonyl (C=O) groups excluding carboxylic acids is 2. The number of anilines is 2. The van der Waals surface area contributed by atoms with Crippen LogP contribution in [0.1, 0.15) is 52.8 Å². The van der Waals surface area contributed by atoms with Crippen LogP contribution >= 0.6 is 0 Å². The lowest BCUT2D eigenvalue weighted by atomic mass is 9.95. The van der Waals surface area contributed by atoms with Gasteiger partial charge >= 0.3 is 0 Å². The van der Waals surface area contributed by atoms with Gasteiger partial charge in [0, 0.05) is 42.6 Å². The van der Waals surface area contributed by atoms with Crippen LogP contribution in [0.5, 0.6) is 0 Å². The van der Waals surface area contributed by atoms with Crippen molar-refractivity contribution >= 4 is 23.2 Å². The van der Waals surface area contributed by atoms with Crippen LogP contribution in [0.15, 0.2) is 48.5 Å². The summed E-state index contributed by atoms with van der Waals surface area (Å²) >= 11 is 0. The Morgan fingerprint density at radius 2 is 1.52 bits per heavy atom. The average Bonchev–Trinajstić information content (AvgIpc) is 2.69. The van der Waals surface area contributed by atoms with E-state index in [0.717, 1.165) is 24.2 Å². The summed E-state index contributed by atoms with van der Waals surface area (Å²) in [5.74, 6) is -0.327. The van der Waals surface area contributed by atoms with Gasteiger partial charge < -0.3 is 15.5 Å². The first-order valence-corrected chi connectivity index (χ1v) is 9.52. The average molecular weight is 365 g/mol. The van der Waals surface area contributed by atoms with Crippen molar-refractivity contribution in [2.24, 2.45) is 0 Å². The van der Waals surface area contributed by atoms with Crippen molar-refractivity contribution in [1.82, 2.24) is 5.32 Å². The maximum absolute atomic E-state index is 12.5. The molecule has 2 amide bonds. The Morgan fingerprint density at radius 1 is 0.889 bits per heavy atom. The normalized spacial score (nSPS) is 14.4. The number of nitrogens with zero attached hydrogens (tertiary/aromatic N) is 1. The summed E-state index contributed by atoms with van der Waals surface area (Å²) in [7, 11) is 3.94. The van der Waals surface area contributed by atoms with Gasteiger partial charge in [0.2, 0.25) is 0 Å². The molecule has 0 aliphatic heterocycles. The zero-order valence-corrected chi connectivity index (χ0v) is 16.0. The van der Waals surface area contributed by atoms with E-state index in [2.05, 4.69) is 10.6 Å². The molecule has 0 bridgehead atoms. The molecule has 5 nitrogen and oxygen atoms in total. The predicted octanol–water partition coefficient (Wildman–Crippen LogP) is 4.07. The molecule has 0 saturated heterocycles. The summed E-state index contributed by atoms with van der Waals surface area (Å²) in [4.78, 5) is 27.0. The molecule has 1 aliphatic carbocycles. The lowest BCUT2D eigenvalue weighted by Gasteiger charge is -2.22. The molecule has 27 heavy (non-hydrogen) atoms. The molecule has 0 radical (unpaired) electrons. The van der Waals surface area contributed by atoms with Crippen LogP contribution in [-0.4, -0.2) is 32.0 Å². The molecule has 2 aromatic rings. The highest BCUT2D eigenvalue weighted by Crippen LogP contribution is 2.19. The van der Waals surface area contributed by atoms with E-state index in [4.69, 9.17) is 0 Å². The molecule has 1 fully saturated rings. The molecule has 0 atom stereocenters. The molecule has 142 valence electrons. The van der Waals surface area contributed by atoms with Gasteiger partial charge in [0.05, 0.1) is 0 Å². The van der Waals surface area contributed by atoms with Crippen molar-refractivity contribution in [3.63, 3.8) is 0 Å². The topological polar surface area (TPSA) is 61.4 Å². The lowest BCUT2D eigenvalue weighted by molar-refractivity contribution is 0.0927. The van der Waals surface area contributed by atoms with E-state index >= 15 is 0 Å². The van der Waals surface area contributed by atoms with E-state index in [9.17, 15) is 9.59 Å². The van der Waals surface area contributed by atoms with Crippen LogP contribution in [0.4, 0.5) is 11.4 Å². The fourth-order valence-corrected chi connectivity index (χ4v) is 3.36. The standard InChI is InChI=1S/C22H27N3O2/c1-25(2)20-13-11-19(12-14-20)24-22(27)17-8-6-7-16(15-17)21(26)23-18-9-4-3-5-10-18/h6-8,11-15,18H,3-5,9-10H2,1-2H3,(H,23,26)(H,24,27). The van der Waals surface area contributed by atoms with Gasteiger partial charge in [-0.2, -0.15) is 0 Å². The SMILES string of the molecule is CN(C)c1ccc(NC(=O)c2cccc(C(=O)NC3CCCCC3)c2)cc1. The predicted molar refractivity (Wildman–Crippen MR) is 110 cm³/mol. The molecule has 2 aromatic carbocycles. The molecule has 1 saturated carbocycles. The van der Waals surface area contributed by atoms with Gasteiger partial charge in [0.1, 0.15) is 0 Å². The number of hydrogen-bond donors (Lipinski definition) is 2. The molecule has 0 heterocycles. The number of carbonyl (C=O) groups is 2. The summed E-state index contributed by atoms with van der Waals surface area (Å²) in [6.45, 7) is 0. The largest absolute Gasteiger partial charge is 0.378 e. The zero-order valence-electron chi connectivity index (χ0n) is 16.0. The summed E-state index contributed by atoms with van der Waals surface area (Å²) < 4.78 is 0. The van der Waals surface area contributed by atoms with Crippen LogP contribution in [0, 0.1) is 0 Å². The molecule has 3 rings (SSSR count). The zero-order chi connectivity index (χ0) is 19.2. The van der Waals surface area contributed by atoms with E-state index in [1.807, 2.05) is 43.3 Å². The summed E-state index contributed by atoms with van der Waals surface area (Å²) in [6, 6.07) is 14.8. The van der Waals surface area contributed by atoms with E-state index in [1.54, 1.807) is 24.3 Å². The Morgan fingerprint density at radius 3 is 2.15 bits per heavy atom. The Bertz CT molecular complexity index is 793. The first kappa shape index (κ1) is 19.0. The monoisotopic (exact) mass is 365 g/mol. The van der Waals surface area contributed by atoms with E-state index in [-0.39, 0.29) is 17.9 Å². The lowest BCUT2D eigenvalue weighted by Crippen LogP contribution is -2.36. The number of amides is 2. The highest BCUT2D eigenvalue weighted by atomic mass is 16.2. The third-order valence-electron chi connectivity index (χ3n) is 4.97. The summed E-state index contributed by atoms with van der Waals surface area (Å²) in [6.07, 6.45) is 5.65. The summed E-state index contributed by atoms with van der Waals surface area (Å²) in [5, 5.41) is 5.98. The van der Waals surface area contributed by atoms with Gasteiger partial charge in [0.25, 0.3) is 11.8 Å². The Hall–Kier alpha value is -2.82. The van der Waals surface area contributed by atoms with Gasteiger partial charge in [-0.05, 0) is 55.3 Å². The molecule has 5 heteroatoms. The first-order valence-electron chi connectivity index (χ1n) is 9.52. The number of rotatable bonds is 5. The van der Waals surface area contributed by atoms with Crippen LogP contribution in [0.2, 0.25) is 0 Å². The van der Waals surface area contributed by atoms with Crippen molar-refractivity contribution in [2.45, 2.75) is 38.1 Å². The minimum atomic E-state index is -0.222. The van der Waals surface area contributed by atoms with Crippen LogP contribution in [-0.2, 0) is 0 Å². The molecule has 0 unspecified atom stereocenters. The van der Waals surface area contributed by atoms with Crippen molar-refractivity contribution in [2.75, 3.05) is 24.3 Å². The Kier molecular flexibility index (Phi) is 6.12. The van der Waals surface area contributed by atoms with Crippen LogP contribution in [0.3, 0.4) is 0 Å². The van der Waals surface area contributed by atoms with E-state index in [1.165, 1.54) is 19.3 Å². The van der Waals surface area contributed by atoms with Crippen molar-refractivity contribution in [3.05, 3.63) is 59.7 Å². The maximum Gasteiger partial charge on any atom is 0.255 e. The highest BCUT2D eigenvalue weighted by molar-refractivity contribution is 6.06. The first-order chi connectivity index (χ1) is 13.0. The molecular formula is C22H27N3O2.